The first-order chi connectivity index (χ1) is 14.4. The molecule has 0 aliphatic rings. The standard InChI is InChI=1S/C23H14ClF2NO3/c24-14-6-8-16-18(10-14)20(17-9-7-15(25)11-19(17)26)21(23(29)30)27(22(16)28)12-13-4-2-1-3-5-13/h1-11H,12H2,(H,29,30). The number of hydrogen-bond donors (Lipinski definition) is 1. The highest BCUT2D eigenvalue weighted by Crippen LogP contribution is 2.34. The Hall–Kier alpha value is -3.51. The summed E-state index contributed by atoms with van der Waals surface area (Å²) in [6, 6.07) is 16.1. The highest BCUT2D eigenvalue weighted by molar-refractivity contribution is 6.31. The van der Waals surface area contributed by atoms with E-state index in [0.29, 0.717) is 11.6 Å². The van der Waals surface area contributed by atoms with Gasteiger partial charge in [0.15, 0.2) is 0 Å². The van der Waals surface area contributed by atoms with Gasteiger partial charge in [0.05, 0.1) is 6.54 Å². The SMILES string of the molecule is O=C(O)c1c(-c2ccc(F)cc2F)c2cc(Cl)ccc2c(=O)n1Cc1ccccc1. The van der Waals surface area contributed by atoms with Crippen molar-refractivity contribution < 1.29 is 18.7 Å². The Morgan fingerprint density at radius 2 is 1.70 bits per heavy atom. The zero-order valence-corrected chi connectivity index (χ0v) is 16.2. The van der Waals surface area contributed by atoms with Crippen molar-refractivity contribution >= 4 is 28.3 Å². The Balaban J connectivity index is 2.16. The van der Waals surface area contributed by atoms with Crippen molar-refractivity contribution in [3.8, 4) is 11.1 Å². The summed E-state index contributed by atoms with van der Waals surface area (Å²) < 4.78 is 29.3. The second kappa shape index (κ2) is 7.72. The number of halogens is 3. The molecule has 4 aromatic rings. The lowest BCUT2D eigenvalue weighted by Gasteiger charge is -2.18. The molecular weight excluding hydrogens is 412 g/mol. The molecule has 3 aromatic carbocycles. The molecule has 0 aliphatic heterocycles. The molecule has 0 saturated heterocycles. The predicted molar refractivity (Wildman–Crippen MR) is 111 cm³/mol. The fraction of sp³-hybridized carbons (Fsp3) is 0.0435. The number of pyridine rings is 1. The molecule has 0 fully saturated rings. The van der Waals surface area contributed by atoms with Crippen LogP contribution in [0.2, 0.25) is 5.02 Å². The van der Waals surface area contributed by atoms with E-state index in [2.05, 4.69) is 0 Å². The Bertz CT molecular complexity index is 1350. The maximum atomic E-state index is 14.7. The van der Waals surface area contributed by atoms with Gasteiger partial charge in [-0.25, -0.2) is 13.6 Å². The Morgan fingerprint density at radius 1 is 0.967 bits per heavy atom. The fourth-order valence-corrected chi connectivity index (χ4v) is 3.70. The minimum atomic E-state index is -1.41. The highest BCUT2D eigenvalue weighted by Gasteiger charge is 2.25. The van der Waals surface area contributed by atoms with Gasteiger partial charge in [-0.1, -0.05) is 41.9 Å². The molecule has 0 amide bonds. The molecule has 4 nitrogen and oxygen atoms in total. The van der Waals surface area contributed by atoms with E-state index in [4.69, 9.17) is 11.6 Å². The second-order valence-electron chi connectivity index (χ2n) is 6.72. The van der Waals surface area contributed by atoms with Gasteiger partial charge < -0.3 is 5.11 Å². The normalized spacial score (nSPS) is 11.0. The van der Waals surface area contributed by atoms with E-state index < -0.39 is 28.9 Å². The molecule has 0 atom stereocenters. The molecular formula is C23H14ClF2NO3. The summed E-state index contributed by atoms with van der Waals surface area (Å²) in [7, 11) is 0. The van der Waals surface area contributed by atoms with Gasteiger partial charge in [-0.05, 0) is 41.3 Å². The summed E-state index contributed by atoms with van der Waals surface area (Å²) in [4.78, 5) is 25.5. The highest BCUT2D eigenvalue weighted by atomic mass is 35.5. The molecule has 0 unspecified atom stereocenters. The number of carboxylic acid groups (broad SMARTS) is 1. The van der Waals surface area contributed by atoms with E-state index in [1.807, 2.05) is 0 Å². The topological polar surface area (TPSA) is 59.3 Å². The molecule has 1 aromatic heterocycles. The van der Waals surface area contributed by atoms with Crippen molar-refractivity contribution in [3.63, 3.8) is 0 Å². The van der Waals surface area contributed by atoms with Crippen molar-refractivity contribution in [1.29, 1.82) is 0 Å². The lowest BCUT2D eigenvalue weighted by atomic mass is 9.96. The molecule has 0 aliphatic carbocycles. The zero-order chi connectivity index (χ0) is 21.4. The Labute approximate surface area is 174 Å². The molecule has 150 valence electrons. The van der Waals surface area contributed by atoms with Crippen LogP contribution in [0.5, 0.6) is 0 Å². The lowest BCUT2D eigenvalue weighted by Crippen LogP contribution is -2.28. The van der Waals surface area contributed by atoms with E-state index >= 15 is 0 Å². The summed E-state index contributed by atoms with van der Waals surface area (Å²) in [5.41, 5.74) is -0.421. The average molecular weight is 426 g/mol. The van der Waals surface area contributed by atoms with Crippen LogP contribution >= 0.6 is 11.6 Å². The quantitative estimate of drug-likeness (QED) is 0.479. The molecule has 0 radical (unpaired) electrons. The largest absolute Gasteiger partial charge is 0.477 e. The van der Waals surface area contributed by atoms with Crippen molar-refractivity contribution in [2.45, 2.75) is 6.54 Å². The summed E-state index contributed by atoms with van der Waals surface area (Å²) in [6.07, 6.45) is 0. The molecule has 30 heavy (non-hydrogen) atoms. The summed E-state index contributed by atoms with van der Waals surface area (Å²) in [5, 5.41) is 10.6. The van der Waals surface area contributed by atoms with Crippen LogP contribution in [0.3, 0.4) is 0 Å². The second-order valence-corrected chi connectivity index (χ2v) is 7.16. The lowest BCUT2D eigenvalue weighted by molar-refractivity contribution is 0.0685. The van der Waals surface area contributed by atoms with Gasteiger partial charge in [-0.15, -0.1) is 0 Å². The maximum Gasteiger partial charge on any atom is 0.353 e. The smallest absolute Gasteiger partial charge is 0.353 e. The molecule has 0 saturated carbocycles. The molecule has 0 bridgehead atoms. The molecule has 1 N–H and O–H groups in total. The van der Waals surface area contributed by atoms with Crippen LogP contribution in [0.25, 0.3) is 21.9 Å². The number of nitrogens with zero attached hydrogens (tertiary/aromatic N) is 1. The number of fused-ring (bicyclic) bond motifs is 1. The van der Waals surface area contributed by atoms with Crippen LogP contribution in [-0.4, -0.2) is 15.6 Å². The van der Waals surface area contributed by atoms with Crippen molar-refractivity contribution in [1.82, 2.24) is 4.57 Å². The van der Waals surface area contributed by atoms with Crippen LogP contribution in [0.1, 0.15) is 16.1 Å². The van der Waals surface area contributed by atoms with E-state index in [9.17, 15) is 23.5 Å². The van der Waals surface area contributed by atoms with Gasteiger partial charge in [0.2, 0.25) is 0 Å². The van der Waals surface area contributed by atoms with Gasteiger partial charge in [0, 0.05) is 27.6 Å². The summed E-state index contributed by atoms with van der Waals surface area (Å²) >= 11 is 6.09. The van der Waals surface area contributed by atoms with Crippen molar-refractivity contribution in [3.05, 3.63) is 105 Å². The third-order valence-electron chi connectivity index (χ3n) is 4.82. The summed E-state index contributed by atoms with van der Waals surface area (Å²) in [5.74, 6) is -3.15. The number of hydrogen-bond acceptors (Lipinski definition) is 2. The monoisotopic (exact) mass is 425 g/mol. The molecule has 1 heterocycles. The first kappa shape index (κ1) is 19.8. The van der Waals surface area contributed by atoms with Crippen LogP contribution in [0.15, 0.2) is 71.5 Å². The number of aromatic nitrogens is 1. The molecule has 0 spiro atoms. The van der Waals surface area contributed by atoms with Gasteiger partial charge in [-0.3, -0.25) is 9.36 Å². The first-order valence-electron chi connectivity index (χ1n) is 8.95. The minimum Gasteiger partial charge on any atom is -0.477 e. The Kier molecular flexibility index (Phi) is 5.10. The third-order valence-corrected chi connectivity index (χ3v) is 5.05. The number of benzene rings is 3. The van der Waals surface area contributed by atoms with E-state index in [0.717, 1.165) is 16.7 Å². The number of aromatic carboxylic acids is 1. The Morgan fingerprint density at radius 3 is 2.37 bits per heavy atom. The molecule has 4 rings (SSSR count). The minimum absolute atomic E-state index is 0.0321. The number of carbonyl (C=O) groups is 1. The maximum absolute atomic E-state index is 14.7. The van der Waals surface area contributed by atoms with Crippen molar-refractivity contribution in [2.24, 2.45) is 0 Å². The van der Waals surface area contributed by atoms with Crippen LogP contribution in [0.4, 0.5) is 8.78 Å². The summed E-state index contributed by atoms with van der Waals surface area (Å²) in [6.45, 7) is -0.0321. The van der Waals surface area contributed by atoms with Gasteiger partial charge >= 0.3 is 5.97 Å². The van der Waals surface area contributed by atoms with Gasteiger partial charge in [0.25, 0.3) is 5.56 Å². The molecule has 7 heteroatoms. The van der Waals surface area contributed by atoms with Crippen LogP contribution in [-0.2, 0) is 6.54 Å². The predicted octanol–water partition coefficient (Wildman–Crippen LogP) is 5.35. The number of carboxylic acids is 1. The first-order valence-corrected chi connectivity index (χ1v) is 9.33. The van der Waals surface area contributed by atoms with E-state index in [1.165, 1.54) is 18.2 Å². The zero-order valence-electron chi connectivity index (χ0n) is 15.4. The van der Waals surface area contributed by atoms with Gasteiger partial charge in [0.1, 0.15) is 17.3 Å². The fourth-order valence-electron chi connectivity index (χ4n) is 3.52. The van der Waals surface area contributed by atoms with E-state index in [1.54, 1.807) is 30.3 Å². The van der Waals surface area contributed by atoms with Gasteiger partial charge in [-0.2, -0.15) is 0 Å². The number of rotatable bonds is 4. The third kappa shape index (κ3) is 3.46. The average Bonchev–Trinajstić information content (AvgIpc) is 2.71. The van der Waals surface area contributed by atoms with Crippen LogP contribution < -0.4 is 5.56 Å². The van der Waals surface area contributed by atoms with Crippen LogP contribution in [0, 0.1) is 11.6 Å². The van der Waals surface area contributed by atoms with Crippen molar-refractivity contribution in [2.75, 3.05) is 0 Å². The van der Waals surface area contributed by atoms with E-state index in [-0.39, 0.29) is 33.5 Å².